The number of nitrogens with zero attached hydrogens (tertiary/aromatic N) is 1. The van der Waals surface area contributed by atoms with Gasteiger partial charge in [-0.25, -0.2) is 5.84 Å². The van der Waals surface area contributed by atoms with Gasteiger partial charge in [-0.15, -0.1) is 0 Å². The highest BCUT2D eigenvalue weighted by Gasteiger charge is 2.32. The average molecular weight is 243 g/mol. The monoisotopic (exact) mass is 243 g/mol. The first-order valence-electron chi connectivity index (χ1n) is 6.18. The zero-order valence-electron chi connectivity index (χ0n) is 10.2. The van der Waals surface area contributed by atoms with Crippen molar-refractivity contribution in [1.82, 2.24) is 10.3 Å². The fourth-order valence-corrected chi connectivity index (χ4v) is 2.42. The molecule has 0 spiro atoms. The number of amides is 1. The number of carbonyl (C=O) groups excluding carboxylic acids is 1. The van der Waals surface area contributed by atoms with E-state index in [1.165, 1.54) is 0 Å². The van der Waals surface area contributed by atoms with Crippen LogP contribution in [-0.2, 0) is 14.3 Å². The second-order valence-corrected chi connectivity index (χ2v) is 4.75. The van der Waals surface area contributed by atoms with Crippen LogP contribution in [0.15, 0.2) is 0 Å². The predicted octanol–water partition coefficient (Wildman–Crippen LogP) is -0.755. The van der Waals surface area contributed by atoms with Crippen molar-refractivity contribution < 1.29 is 14.3 Å². The van der Waals surface area contributed by atoms with Gasteiger partial charge in [-0.05, 0) is 19.8 Å². The van der Waals surface area contributed by atoms with E-state index in [0.717, 1.165) is 39.1 Å². The molecule has 3 atom stereocenters. The third-order valence-electron chi connectivity index (χ3n) is 3.49. The molecule has 2 fully saturated rings. The topological polar surface area (TPSA) is 76.8 Å². The smallest absolute Gasteiger partial charge is 0.263 e. The summed E-state index contributed by atoms with van der Waals surface area (Å²) in [5.41, 5.74) is 2.14. The van der Waals surface area contributed by atoms with Gasteiger partial charge in [0.05, 0.1) is 19.3 Å². The van der Waals surface area contributed by atoms with Crippen molar-refractivity contribution in [2.45, 2.75) is 38.0 Å². The van der Waals surface area contributed by atoms with Gasteiger partial charge in [0.1, 0.15) is 6.10 Å². The molecular formula is C11H21N3O3. The maximum Gasteiger partial charge on any atom is 0.263 e. The number of nitrogens with two attached hydrogens (primary N) is 1. The van der Waals surface area contributed by atoms with Gasteiger partial charge in [-0.3, -0.25) is 15.1 Å². The molecule has 0 saturated carbocycles. The lowest BCUT2D eigenvalue weighted by Gasteiger charge is -2.34. The Morgan fingerprint density at radius 2 is 2.35 bits per heavy atom. The first kappa shape index (κ1) is 12.8. The van der Waals surface area contributed by atoms with E-state index in [-0.39, 0.29) is 18.1 Å². The van der Waals surface area contributed by atoms with Crippen molar-refractivity contribution >= 4 is 5.91 Å². The zero-order valence-corrected chi connectivity index (χ0v) is 10.2. The fourth-order valence-electron chi connectivity index (χ4n) is 2.42. The SMILES string of the molecule is CC1COCCN1CC1CCC(C(=O)NN)O1. The van der Waals surface area contributed by atoms with Gasteiger partial charge in [0.25, 0.3) is 5.91 Å². The van der Waals surface area contributed by atoms with Crippen LogP contribution in [0.4, 0.5) is 0 Å². The second-order valence-electron chi connectivity index (χ2n) is 4.75. The van der Waals surface area contributed by atoms with Crippen LogP contribution in [0.1, 0.15) is 19.8 Å². The number of hydrogen-bond acceptors (Lipinski definition) is 5. The van der Waals surface area contributed by atoms with Crippen molar-refractivity contribution in [3.63, 3.8) is 0 Å². The maximum absolute atomic E-state index is 11.3. The Hall–Kier alpha value is -0.690. The van der Waals surface area contributed by atoms with E-state index >= 15 is 0 Å². The first-order chi connectivity index (χ1) is 8.20. The molecule has 2 saturated heterocycles. The highest BCUT2D eigenvalue weighted by molar-refractivity contribution is 5.80. The van der Waals surface area contributed by atoms with Crippen LogP contribution in [0.2, 0.25) is 0 Å². The Labute approximate surface area is 101 Å². The van der Waals surface area contributed by atoms with Crippen LogP contribution >= 0.6 is 0 Å². The van der Waals surface area contributed by atoms with Crippen molar-refractivity contribution in [1.29, 1.82) is 0 Å². The highest BCUT2D eigenvalue weighted by atomic mass is 16.5. The molecule has 0 radical (unpaired) electrons. The summed E-state index contributed by atoms with van der Waals surface area (Å²) < 4.78 is 11.1. The molecule has 2 rings (SSSR count). The van der Waals surface area contributed by atoms with Crippen LogP contribution < -0.4 is 11.3 Å². The highest BCUT2D eigenvalue weighted by Crippen LogP contribution is 2.21. The maximum atomic E-state index is 11.3. The van der Waals surface area contributed by atoms with Crippen molar-refractivity contribution in [3.8, 4) is 0 Å². The van der Waals surface area contributed by atoms with Crippen molar-refractivity contribution in [2.75, 3.05) is 26.3 Å². The Bertz CT molecular complexity index is 275. The quantitative estimate of drug-likeness (QED) is 0.387. The molecule has 2 heterocycles. The molecule has 6 nitrogen and oxygen atoms in total. The number of morpholine rings is 1. The molecule has 3 unspecified atom stereocenters. The molecule has 17 heavy (non-hydrogen) atoms. The van der Waals surface area contributed by atoms with Gasteiger partial charge in [0.2, 0.25) is 0 Å². The number of carbonyl (C=O) groups is 1. The number of hydrogen-bond donors (Lipinski definition) is 2. The van der Waals surface area contributed by atoms with Gasteiger partial charge in [0.15, 0.2) is 0 Å². The Morgan fingerprint density at radius 3 is 3.06 bits per heavy atom. The van der Waals surface area contributed by atoms with Gasteiger partial charge in [-0.2, -0.15) is 0 Å². The second kappa shape index (κ2) is 5.77. The molecule has 0 aromatic carbocycles. The summed E-state index contributed by atoms with van der Waals surface area (Å²) >= 11 is 0. The molecular weight excluding hydrogens is 222 g/mol. The minimum Gasteiger partial charge on any atom is -0.379 e. The lowest BCUT2D eigenvalue weighted by Crippen LogP contribution is -2.47. The third-order valence-corrected chi connectivity index (χ3v) is 3.49. The van der Waals surface area contributed by atoms with Gasteiger partial charge in [0, 0.05) is 19.1 Å². The van der Waals surface area contributed by atoms with E-state index in [9.17, 15) is 4.79 Å². The molecule has 1 amide bonds. The summed E-state index contributed by atoms with van der Waals surface area (Å²) in [5, 5.41) is 0. The molecule has 0 bridgehead atoms. The summed E-state index contributed by atoms with van der Waals surface area (Å²) in [5.74, 6) is 4.88. The molecule has 0 aromatic rings. The lowest BCUT2D eigenvalue weighted by atomic mass is 10.1. The standard InChI is InChI=1S/C11H21N3O3/c1-8-7-16-5-4-14(8)6-9-2-3-10(17-9)11(15)13-12/h8-10H,2-7,12H2,1H3,(H,13,15). The minimum absolute atomic E-state index is 0.137. The molecule has 6 heteroatoms. The zero-order chi connectivity index (χ0) is 12.3. The van der Waals surface area contributed by atoms with Crippen LogP contribution in [0.5, 0.6) is 0 Å². The molecule has 3 N–H and O–H groups in total. The summed E-state index contributed by atoms with van der Waals surface area (Å²) in [7, 11) is 0. The Morgan fingerprint density at radius 1 is 1.53 bits per heavy atom. The summed E-state index contributed by atoms with van der Waals surface area (Å²) in [6.07, 6.45) is 1.44. The first-order valence-corrected chi connectivity index (χ1v) is 6.18. The van der Waals surface area contributed by atoms with E-state index in [4.69, 9.17) is 15.3 Å². The number of rotatable bonds is 3. The van der Waals surface area contributed by atoms with Crippen LogP contribution in [0, 0.1) is 0 Å². The normalized spacial score (nSPS) is 34.8. The lowest BCUT2D eigenvalue weighted by molar-refractivity contribution is -0.133. The molecule has 2 aliphatic rings. The van der Waals surface area contributed by atoms with E-state index in [0.29, 0.717) is 6.04 Å². The fraction of sp³-hybridized carbons (Fsp3) is 0.909. The van der Waals surface area contributed by atoms with Crippen LogP contribution in [0.3, 0.4) is 0 Å². The molecule has 0 aromatic heterocycles. The number of hydrazine groups is 1. The summed E-state index contributed by atoms with van der Waals surface area (Å²) in [4.78, 5) is 13.7. The molecule has 98 valence electrons. The third kappa shape index (κ3) is 3.16. The largest absolute Gasteiger partial charge is 0.379 e. The van der Waals surface area contributed by atoms with Gasteiger partial charge < -0.3 is 9.47 Å². The number of nitrogens with one attached hydrogen (secondary N) is 1. The summed E-state index contributed by atoms with van der Waals surface area (Å²) in [6.45, 7) is 5.52. The predicted molar refractivity (Wildman–Crippen MR) is 62.1 cm³/mol. The Kier molecular flexibility index (Phi) is 4.33. The van der Waals surface area contributed by atoms with E-state index in [2.05, 4.69) is 17.2 Å². The van der Waals surface area contributed by atoms with Crippen LogP contribution in [-0.4, -0.2) is 55.4 Å². The van der Waals surface area contributed by atoms with Crippen molar-refractivity contribution in [3.05, 3.63) is 0 Å². The van der Waals surface area contributed by atoms with E-state index < -0.39 is 0 Å². The minimum atomic E-state index is -0.374. The number of ether oxygens (including phenoxy) is 2. The van der Waals surface area contributed by atoms with Gasteiger partial charge >= 0.3 is 0 Å². The van der Waals surface area contributed by atoms with Gasteiger partial charge in [-0.1, -0.05) is 0 Å². The molecule has 2 aliphatic heterocycles. The Balaban J connectivity index is 1.79. The van der Waals surface area contributed by atoms with Crippen molar-refractivity contribution in [2.24, 2.45) is 5.84 Å². The summed E-state index contributed by atoms with van der Waals surface area (Å²) in [6, 6.07) is 0.426. The van der Waals surface area contributed by atoms with E-state index in [1.807, 2.05) is 0 Å². The van der Waals surface area contributed by atoms with Crippen LogP contribution in [0.25, 0.3) is 0 Å². The average Bonchev–Trinajstić information content (AvgIpc) is 2.80. The van der Waals surface area contributed by atoms with E-state index in [1.54, 1.807) is 0 Å². The molecule has 0 aliphatic carbocycles.